The Hall–Kier alpha value is -3.31. The molecule has 0 saturated carbocycles. The Kier molecular flexibility index (Phi) is 7.05. The van der Waals surface area contributed by atoms with Crippen LogP contribution >= 0.6 is 39.0 Å². The fourth-order valence-electron chi connectivity index (χ4n) is 6.29. The van der Waals surface area contributed by atoms with Gasteiger partial charge in [0, 0.05) is 14.1 Å². The number of hydrogen-bond donors (Lipinski definition) is 1. The monoisotopic (exact) mass is 656 g/mol. The third-order valence-corrected chi connectivity index (χ3v) is 11.2. The van der Waals surface area contributed by atoms with Crippen LogP contribution in [-0.2, 0) is 16.9 Å². The van der Waals surface area contributed by atoms with Crippen molar-refractivity contribution in [2.75, 3.05) is 0 Å². The van der Waals surface area contributed by atoms with Gasteiger partial charge in [0.1, 0.15) is 17.5 Å². The average Bonchev–Trinajstić information content (AvgIpc) is 3.74. The molecule has 0 radical (unpaired) electrons. The maximum absolute atomic E-state index is 14.3. The number of thioether (sulfide) groups is 1. The van der Waals surface area contributed by atoms with E-state index in [1.54, 1.807) is 11.3 Å². The van der Waals surface area contributed by atoms with Crippen molar-refractivity contribution in [3.63, 3.8) is 0 Å². The normalized spacial score (nSPS) is 21.3. The van der Waals surface area contributed by atoms with E-state index in [9.17, 15) is 4.79 Å². The van der Waals surface area contributed by atoms with Gasteiger partial charge in [0.2, 0.25) is 5.91 Å². The van der Waals surface area contributed by atoms with Crippen molar-refractivity contribution in [2.24, 2.45) is 0 Å². The van der Waals surface area contributed by atoms with Gasteiger partial charge < -0.3 is 4.90 Å². The molecule has 2 unspecified atom stereocenters. The second kappa shape index (κ2) is 10.8. The van der Waals surface area contributed by atoms with Crippen molar-refractivity contribution in [1.82, 2.24) is 30.4 Å². The Balaban J connectivity index is 1.29. The molecule has 2 aliphatic heterocycles. The molecule has 1 N–H and O–H groups in total. The Bertz CT molecular complexity index is 1650. The number of carbonyl (C=O) groups excluding carboxylic acids is 1. The van der Waals surface area contributed by atoms with Crippen molar-refractivity contribution in [1.29, 1.82) is 0 Å². The minimum Gasteiger partial charge on any atom is -0.315 e. The Morgan fingerprint density at radius 1 is 0.905 bits per heavy atom. The maximum atomic E-state index is 14.3. The molecule has 1 amide bonds. The number of thiophene rings is 1. The van der Waals surface area contributed by atoms with Crippen molar-refractivity contribution in [3.05, 3.63) is 134 Å². The van der Waals surface area contributed by atoms with Crippen molar-refractivity contribution < 1.29 is 4.79 Å². The quantitative estimate of drug-likeness (QED) is 0.158. The molecule has 5 aromatic rings. The first-order valence-corrected chi connectivity index (χ1v) is 16.4. The van der Waals surface area contributed by atoms with Crippen LogP contribution in [0.15, 0.2) is 107 Å². The van der Waals surface area contributed by atoms with Crippen LogP contribution in [0.3, 0.4) is 0 Å². The number of tetrazole rings is 1. The van der Waals surface area contributed by atoms with Gasteiger partial charge >= 0.3 is 0 Å². The molecule has 2 saturated heterocycles. The molecule has 42 heavy (non-hydrogen) atoms. The van der Waals surface area contributed by atoms with Crippen LogP contribution in [0.2, 0.25) is 0 Å². The molecule has 10 heteroatoms. The predicted octanol–water partition coefficient (Wildman–Crippen LogP) is 6.23. The molecule has 7 nitrogen and oxygen atoms in total. The van der Waals surface area contributed by atoms with Crippen molar-refractivity contribution >= 4 is 44.9 Å². The highest BCUT2D eigenvalue weighted by Gasteiger charge is 2.64. The zero-order chi connectivity index (χ0) is 28.9. The summed E-state index contributed by atoms with van der Waals surface area (Å²) in [6.07, 6.45) is 0. The first kappa shape index (κ1) is 27.5. The lowest BCUT2D eigenvalue weighted by atomic mass is 9.76. The van der Waals surface area contributed by atoms with E-state index in [-0.39, 0.29) is 22.1 Å². The molecule has 2 fully saturated rings. The second-order valence-electron chi connectivity index (χ2n) is 11.1. The van der Waals surface area contributed by atoms with Gasteiger partial charge in [0.25, 0.3) is 0 Å². The summed E-state index contributed by atoms with van der Waals surface area (Å²) >= 11 is 7.09. The summed E-state index contributed by atoms with van der Waals surface area (Å²) in [6.45, 7) is 4.96. The van der Waals surface area contributed by atoms with E-state index in [0.29, 0.717) is 6.54 Å². The molecule has 2 aliphatic rings. The Morgan fingerprint density at radius 2 is 1.55 bits per heavy atom. The summed E-state index contributed by atoms with van der Waals surface area (Å²) in [5.41, 5.74) is 2.46. The topological polar surface area (TPSA) is 75.9 Å². The predicted molar refractivity (Wildman–Crippen MR) is 170 cm³/mol. The summed E-state index contributed by atoms with van der Waals surface area (Å²) in [7, 11) is 0. The van der Waals surface area contributed by atoms with E-state index < -0.39 is 11.6 Å². The molecule has 0 aliphatic carbocycles. The largest absolute Gasteiger partial charge is 0.315 e. The molecule has 3 atom stereocenters. The summed E-state index contributed by atoms with van der Waals surface area (Å²) in [6, 6.07) is 32.6. The summed E-state index contributed by atoms with van der Waals surface area (Å²) in [4.78, 5) is 17.4. The number of β-lactam (4-membered cyclic amide) rings is 1. The first-order valence-electron chi connectivity index (χ1n) is 13.8. The summed E-state index contributed by atoms with van der Waals surface area (Å²) in [5, 5.41) is 18.7. The van der Waals surface area contributed by atoms with Crippen molar-refractivity contribution in [2.45, 2.75) is 48.1 Å². The van der Waals surface area contributed by atoms with Gasteiger partial charge in [-0.1, -0.05) is 94.8 Å². The van der Waals surface area contributed by atoms with Crippen LogP contribution in [0.5, 0.6) is 0 Å². The third kappa shape index (κ3) is 4.52. The third-order valence-electron chi connectivity index (χ3n) is 8.19. The second-order valence-corrected chi connectivity index (χ2v) is 14.9. The highest BCUT2D eigenvalue weighted by molar-refractivity contribution is 9.10. The molecule has 3 aromatic carbocycles. The maximum Gasteiger partial charge on any atom is 0.244 e. The van der Waals surface area contributed by atoms with Gasteiger partial charge in [0.15, 0.2) is 5.82 Å². The molecule has 4 heterocycles. The number of nitrogens with one attached hydrogen (secondary N) is 1. The van der Waals surface area contributed by atoms with E-state index in [4.69, 9.17) is 0 Å². The number of amides is 1. The van der Waals surface area contributed by atoms with Gasteiger partial charge in [-0.3, -0.25) is 10.1 Å². The Labute approximate surface area is 261 Å². The Morgan fingerprint density at radius 3 is 2.17 bits per heavy atom. The number of carbonyl (C=O) groups is 1. The van der Waals surface area contributed by atoms with Gasteiger partial charge in [0.05, 0.1) is 12.1 Å². The van der Waals surface area contributed by atoms with Gasteiger partial charge in [-0.15, -0.1) is 28.2 Å². The molecular weight excluding hydrogens is 628 g/mol. The zero-order valence-corrected chi connectivity index (χ0v) is 26.3. The SMILES string of the molecule is CC1(C)S[C@@H]2C(NC(c3ccccc3)(c3ccccc3)c3ccc(Br)cc3)C(=O)N2C1c1nnnn1Cc1cccs1. The number of fused-ring (bicyclic) bond motifs is 1. The van der Waals surface area contributed by atoms with Crippen LogP contribution in [0.1, 0.15) is 47.3 Å². The van der Waals surface area contributed by atoms with Gasteiger partial charge in [-0.25, -0.2) is 4.68 Å². The van der Waals surface area contributed by atoms with Crippen LogP contribution in [0.4, 0.5) is 0 Å². The molecule has 212 valence electrons. The first-order chi connectivity index (χ1) is 20.4. The smallest absolute Gasteiger partial charge is 0.244 e. The van der Waals surface area contributed by atoms with Crippen LogP contribution < -0.4 is 5.32 Å². The number of rotatable bonds is 8. The van der Waals surface area contributed by atoms with Crippen molar-refractivity contribution in [3.8, 4) is 0 Å². The van der Waals surface area contributed by atoms with Gasteiger partial charge in [-0.05, 0) is 64.5 Å². The summed E-state index contributed by atoms with van der Waals surface area (Å²) < 4.78 is 2.55. The molecule has 0 spiro atoms. The van der Waals surface area contributed by atoms with Gasteiger partial charge in [-0.2, -0.15) is 0 Å². The highest BCUT2D eigenvalue weighted by Crippen LogP contribution is 2.57. The zero-order valence-electron chi connectivity index (χ0n) is 23.1. The van der Waals surface area contributed by atoms with E-state index >= 15 is 0 Å². The lowest BCUT2D eigenvalue weighted by molar-refractivity contribution is -0.150. The number of benzene rings is 3. The highest BCUT2D eigenvalue weighted by atomic mass is 79.9. The number of nitrogens with zero attached hydrogens (tertiary/aromatic N) is 5. The van der Waals surface area contributed by atoms with Crippen LogP contribution in [-0.4, -0.2) is 47.2 Å². The number of hydrogen-bond acceptors (Lipinski definition) is 7. The number of halogens is 1. The lowest BCUT2D eigenvalue weighted by Gasteiger charge is -2.49. The van der Waals surface area contributed by atoms with E-state index in [0.717, 1.165) is 27.0 Å². The lowest BCUT2D eigenvalue weighted by Crippen LogP contribution is -2.70. The van der Waals surface area contributed by atoms with Crippen LogP contribution in [0, 0.1) is 0 Å². The minimum atomic E-state index is -0.751. The van der Waals surface area contributed by atoms with Crippen LogP contribution in [0.25, 0.3) is 0 Å². The van der Waals surface area contributed by atoms with E-state index in [1.165, 1.54) is 4.88 Å². The fraction of sp³-hybridized carbons (Fsp3) is 0.250. The molecule has 2 aromatic heterocycles. The molecule has 7 rings (SSSR count). The number of aromatic nitrogens is 4. The molecular formula is C32H29BrN6OS2. The standard InChI is InChI=1S/C32H29BrN6OS2/c1-31(2)27(28-35-36-37-38(28)20-25-14-9-19-41-25)39-29(40)26(30(39)42-31)34-32(21-10-5-3-6-11-21,22-12-7-4-8-13-22)23-15-17-24(33)18-16-23/h3-19,26-27,30,34H,20H2,1-2H3/t26?,27?,30-/m1/s1. The molecule has 0 bridgehead atoms. The average molecular weight is 658 g/mol. The van der Waals surface area contributed by atoms with E-state index in [1.807, 2.05) is 39.5 Å². The fourth-order valence-corrected chi connectivity index (χ4v) is 8.87. The van der Waals surface area contributed by atoms with E-state index in [2.05, 4.69) is 135 Å². The minimum absolute atomic E-state index is 0.0575. The summed E-state index contributed by atoms with van der Waals surface area (Å²) in [5.74, 6) is 0.780.